The lowest BCUT2D eigenvalue weighted by molar-refractivity contribution is 0.0964. The predicted octanol–water partition coefficient (Wildman–Crippen LogP) is 3.02. The fourth-order valence-corrected chi connectivity index (χ4v) is 1.74. The number of hydrogen-bond acceptors (Lipinski definition) is 3. The molecule has 0 N–H and O–H groups in total. The summed E-state index contributed by atoms with van der Waals surface area (Å²) in [5.74, 6) is 0.0767. The molecule has 17 heavy (non-hydrogen) atoms. The van der Waals surface area contributed by atoms with Crippen LogP contribution in [-0.4, -0.2) is 5.78 Å². The molecule has 0 aliphatic carbocycles. The SMILES string of the molecule is CC(C)CC(=O)c1cc2ccccc2oc1=O. The van der Waals surface area contributed by atoms with Gasteiger partial charge in [-0.25, -0.2) is 4.79 Å². The minimum Gasteiger partial charge on any atom is -0.422 e. The third kappa shape index (κ3) is 2.44. The lowest BCUT2D eigenvalue weighted by Crippen LogP contribution is -2.15. The summed E-state index contributed by atoms with van der Waals surface area (Å²) in [6.07, 6.45) is 0.364. The Morgan fingerprint density at radius 3 is 2.71 bits per heavy atom. The van der Waals surface area contributed by atoms with Crippen LogP contribution < -0.4 is 5.63 Å². The van der Waals surface area contributed by atoms with E-state index in [4.69, 9.17) is 4.42 Å². The molecule has 0 aliphatic heterocycles. The van der Waals surface area contributed by atoms with Crippen LogP contribution in [0.5, 0.6) is 0 Å². The molecule has 0 amide bonds. The highest BCUT2D eigenvalue weighted by molar-refractivity contribution is 5.98. The fraction of sp³-hybridized carbons (Fsp3) is 0.286. The quantitative estimate of drug-likeness (QED) is 0.601. The molecule has 1 heterocycles. The van der Waals surface area contributed by atoms with Crippen LogP contribution in [0.15, 0.2) is 39.5 Å². The first-order valence-electron chi connectivity index (χ1n) is 5.64. The van der Waals surface area contributed by atoms with E-state index in [2.05, 4.69) is 0 Å². The zero-order chi connectivity index (χ0) is 12.4. The fourth-order valence-electron chi connectivity index (χ4n) is 1.74. The smallest absolute Gasteiger partial charge is 0.347 e. The Hall–Kier alpha value is -1.90. The van der Waals surface area contributed by atoms with Crippen molar-refractivity contribution in [1.82, 2.24) is 0 Å². The van der Waals surface area contributed by atoms with E-state index in [1.54, 1.807) is 18.2 Å². The largest absolute Gasteiger partial charge is 0.422 e. The minimum absolute atomic E-state index is 0.150. The highest BCUT2D eigenvalue weighted by Gasteiger charge is 2.14. The van der Waals surface area contributed by atoms with Gasteiger partial charge in [-0.1, -0.05) is 32.0 Å². The number of Topliss-reactive ketones (excluding diaryl/α,β-unsaturated/α-hetero) is 1. The molecule has 2 aromatic rings. The van der Waals surface area contributed by atoms with Crippen LogP contribution in [-0.2, 0) is 0 Å². The summed E-state index contributed by atoms with van der Waals surface area (Å²) in [6.45, 7) is 3.89. The van der Waals surface area contributed by atoms with E-state index in [0.29, 0.717) is 12.0 Å². The highest BCUT2D eigenvalue weighted by Crippen LogP contribution is 2.14. The van der Waals surface area contributed by atoms with Gasteiger partial charge in [0.1, 0.15) is 11.1 Å². The minimum atomic E-state index is -0.547. The zero-order valence-electron chi connectivity index (χ0n) is 9.90. The Labute approximate surface area is 99.1 Å². The van der Waals surface area contributed by atoms with Gasteiger partial charge in [-0.3, -0.25) is 4.79 Å². The van der Waals surface area contributed by atoms with Gasteiger partial charge in [0.15, 0.2) is 5.78 Å². The van der Waals surface area contributed by atoms with Crippen molar-refractivity contribution in [2.75, 3.05) is 0 Å². The molecule has 3 heteroatoms. The molecule has 0 radical (unpaired) electrons. The van der Waals surface area contributed by atoms with Gasteiger partial charge >= 0.3 is 5.63 Å². The summed E-state index contributed by atoms with van der Waals surface area (Å²) in [6, 6.07) is 8.80. The van der Waals surface area contributed by atoms with Crippen LogP contribution in [0.3, 0.4) is 0 Å². The molecule has 0 atom stereocenters. The molecule has 0 spiro atoms. The maximum atomic E-state index is 11.9. The van der Waals surface area contributed by atoms with E-state index in [-0.39, 0.29) is 17.3 Å². The highest BCUT2D eigenvalue weighted by atomic mass is 16.4. The summed E-state index contributed by atoms with van der Waals surface area (Å²) in [5.41, 5.74) is 0.116. The van der Waals surface area contributed by atoms with Crippen LogP contribution in [0.4, 0.5) is 0 Å². The number of fused-ring (bicyclic) bond motifs is 1. The van der Waals surface area contributed by atoms with Gasteiger partial charge in [0.05, 0.1) is 0 Å². The second-order valence-corrected chi connectivity index (χ2v) is 4.51. The first-order chi connectivity index (χ1) is 8.08. The number of carbonyl (C=O) groups excluding carboxylic acids is 1. The Morgan fingerprint density at radius 2 is 2.00 bits per heavy atom. The van der Waals surface area contributed by atoms with E-state index < -0.39 is 5.63 Å². The summed E-state index contributed by atoms with van der Waals surface area (Å²) < 4.78 is 5.12. The average molecular weight is 230 g/mol. The van der Waals surface area contributed by atoms with Crippen molar-refractivity contribution in [1.29, 1.82) is 0 Å². The molecule has 0 fully saturated rings. The van der Waals surface area contributed by atoms with E-state index in [0.717, 1.165) is 5.39 Å². The van der Waals surface area contributed by atoms with Crippen molar-refractivity contribution in [2.45, 2.75) is 20.3 Å². The maximum Gasteiger partial charge on any atom is 0.347 e. The number of benzene rings is 1. The van der Waals surface area contributed by atoms with Crippen LogP contribution >= 0.6 is 0 Å². The van der Waals surface area contributed by atoms with Gasteiger partial charge in [0.2, 0.25) is 0 Å². The first kappa shape index (κ1) is 11.6. The summed E-state index contributed by atoms with van der Waals surface area (Å²) >= 11 is 0. The van der Waals surface area contributed by atoms with Gasteiger partial charge in [-0.15, -0.1) is 0 Å². The predicted molar refractivity (Wildman–Crippen MR) is 66.3 cm³/mol. The molecule has 1 aromatic carbocycles. The summed E-state index contributed by atoms with van der Waals surface area (Å²) in [7, 11) is 0. The van der Waals surface area contributed by atoms with Crippen molar-refractivity contribution in [3.63, 3.8) is 0 Å². The maximum absolute atomic E-state index is 11.9. The second-order valence-electron chi connectivity index (χ2n) is 4.51. The molecule has 3 nitrogen and oxygen atoms in total. The molecular weight excluding hydrogens is 216 g/mol. The van der Waals surface area contributed by atoms with E-state index >= 15 is 0 Å². The number of para-hydroxylation sites is 1. The average Bonchev–Trinajstić information content (AvgIpc) is 2.27. The van der Waals surface area contributed by atoms with Crippen LogP contribution in [0.2, 0.25) is 0 Å². The summed E-state index contributed by atoms with van der Waals surface area (Å²) in [5, 5.41) is 0.777. The Balaban J connectivity index is 2.51. The van der Waals surface area contributed by atoms with Gasteiger partial charge in [-0.2, -0.15) is 0 Å². The van der Waals surface area contributed by atoms with Crippen molar-refractivity contribution in [3.8, 4) is 0 Å². The number of ketones is 1. The lowest BCUT2D eigenvalue weighted by atomic mass is 10.0. The van der Waals surface area contributed by atoms with Crippen molar-refractivity contribution in [3.05, 3.63) is 46.3 Å². The van der Waals surface area contributed by atoms with E-state index in [1.807, 2.05) is 26.0 Å². The first-order valence-corrected chi connectivity index (χ1v) is 5.64. The third-order valence-electron chi connectivity index (χ3n) is 2.54. The molecule has 0 saturated carbocycles. The van der Waals surface area contributed by atoms with Gasteiger partial charge in [0.25, 0.3) is 0 Å². The molecule has 0 unspecified atom stereocenters. The van der Waals surface area contributed by atoms with Gasteiger partial charge < -0.3 is 4.42 Å². The molecule has 0 saturated heterocycles. The Kier molecular flexibility index (Phi) is 3.09. The normalized spacial score (nSPS) is 11.0. The lowest BCUT2D eigenvalue weighted by Gasteiger charge is -2.03. The van der Waals surface area contributed by atoms with Crippen molar-refractivity contribution in [2.24, 2.45) is 5.92 Å². The molecule has 88 valence electrons. The van der Waals surface area contributed by atoms with Crippen LogP contribution in [0.1, 0.15) is 30.6 Å². The zero-order valence-corrected chi connectivity index (χ0v) is 9.90. The number of rotatable bonds is 3. The third-order valence-corrected chi connectivity index (χ3v) is 2.54. The second kappa shape index (κ2) is 4.53. The molecule has 0 bridgehead atoms. The van der Waals surface area contributed by atoms with Gasteiger partial charge in [0, 0.05) is 11.8 Å². The Morgan fingerprint density at radius 1 is 1.29 bits per heavy atom. The van der Waals surface area contributed by atoms with Crippen molar-refractivity contribution < 1.29 is 9.21 Å². The van der Waals surface area contributed by atoms with Gasteiger partial charge in [-0.05, 0) is 18.1 Å². The Bertz CT molecular complexity index is 608. The summed E-state index contributed by atoms with van der Waals surface area (Å²) in [4.78, 5) is 23.5. The molecular formula is C14H14O3. The number of hydrogen-bond donors (Lipinski definition) is 0. The molecule has 0 aliphatic rings. The monoisotopic (exact) mass is 230 g/mol. The molecule has 1 aromatic heterocycles. The van der Waals surface area contributed by atoms with Crippen LogP contribution in [0.25, 0.3) is 11.0 Å². The van der Waals surface area contributed by atoms with Crippen molar-refractivity contribution >= 4 is 16.8 Å². The topological polar surface area (TPSA) is 47.3 Å². The number of carbonyl (C=O) groups is 1. The van der Waals surface area contributed by atoms with Crippen LogP contribution in [0, 0.1) is 5.92 Å². The standard InChI is InChI=1S/C14H14O3/c1-9(2)7-12(15)11-8-10-5-3-4-6-13(10)17-14(11)16/h3-6,8-9H,7H2,1-2H3. The molecule has 2 rings (SSSR count). The van der Waals surface area contributed by atoms with E-state index in [9.17, 15) is 9.59 Å². The van der Waals surface area contributed by atoms with E-state index in [1.165, 1.54) is 0 Å².